The van der Waals surface area contributed by atoms with Crippen LogP contribution in [0.15, 0.2) is 30.6 Å². The summed E-state index contributed by atoms with van der Waals surface area (Å²) in [5.41, 5.74) is 2.86. The maximum atomic E-state index is 10.7. The molecule has 3 aromatic heterocycles. The predicted molar refractivity (Wildman–Crippen MR) is 126 cm³/mol. The summed E-state index contributed by atoms with van der Waals surface area (Å²) in [4.78, 5) is 18.2. The third kappa shape index (κ3) is 4.03. The molecule has 2 aliphatic rings. The molecule has 170 valence electrons. The average molecular weight is 437 g/mol. The second-order valence-electron chi connectivity index (χ2n) is 9.27. The number of aromatic nitrogens is 4. The summed E-state index contributed by atoms with van der Waals surface area (Å²) in [6, 6.07) is 6.32. The molecule has 0 bridgehead atoms. The molecule has 2 atom stereocenters. The smallest absolute Gasteiger partial charge is 0.230 e. The minimum atomic E-state index is -0.636. The molecule has 1 unspecified atom stereocenters. The van der Waals surface area contributed by atoms with Gasteiger partial charge in [-0.15, -0.1) is 0 Å². The van der Waals surface area contributed by atoms with Gasteiger partial charge in [-0.2, -0.15) is 4.98 Å². The molecular formula is C23H32N8O. The van der Waals surface area contributed by atoms with E-state index in [1.165, 1.54) is 0 Å². The van der Waals surface area contributed by atoms with Crippen LogP contribution in [0.2, 0.25) is 0 Å². The maximum Gasteiger partial charge on any atom is 0.230 e. The average Bonchev–Trinajstić information content (AvgIpc) is 3.17. The number of piperazine rings is 1. The quantitative estimate of drug-likeness (QED) is 0.562. The van der Waals surface area contributed by atoms with Crippen LogP contribution in [0.5, 0.6) is 0 Å². The fourth-order valence-corrected chi connectivity index (χ4v) is 4.82. The summed E-state index contributed by atoms with van der Waals surface area (Å²) < 4.78 is 2.20. The first-order valence-corrected chi connectivity index (χ1v) is 11.4. The lowest BCUT2D eigenvalue weighted by molar-refractivity contribution is -0.0152. The molecule has 0 spiro atoms. The standard InChI is InChI=1S/C23H32N8O/c1-15(2)10-18-14-29(3)22(32)19-11-16-12-26-23(28-21(16)31(18)19)27-20-5-4-17(13-25-20)30-8-6-24-7-9-30/h4-5,11-13,15,18,22,24,32H,6-10,14H2,1-3H3,(H,25,26,27,28)/t18-,22?/m0/s1. The molecule has 0 aromatic carbocycles. The lowest BCUT2D eigenvalue weighted by Gasteiger charge is -2.37. The van der Waals surface area contributed by atoms with Gasteiger partial charge in [0.25, 0.3) is 0 Å². The summed E-state index contributed by atoms with van der Waals surface area (Å²) in [5, 5.41) is 18.3. The van der Waals surface area contributed by atoms with Crippen LogP contribution in [0.1, 0.15) is 38.2 Å². The SMILES string of the molecule is CC(C)C[C@H]1CN(C)C(O)c2cc3cnc(Nc4ccc(N5CCNCC5)cn4)nc3n21. The molecule has 0 amide bonds. The van der Waals surface area contributed by atoms with Gasteiger partial charge in [0.05, 0.1) is 17.6 Å². The van der Waals surface area contributed by atoms with Crippen LogP contribution in [0.25, 0.3) is 11.0 Å². The predicted octanol–water partition coefficient (Wildman–Crippen LogP) is 2.50. The number of anilines is 3. The van der Waals surface area contributed by atoms with Crippen LogP contribution in [0.4, 0.5) is 17.5 Å². The summed E-state index contributed by atoms with van der Waals surface area (Å²) in [6.45, 7) is 9.23. The van der Waals surface area contributed by atoms with Gasteiger partial charge in [0.1, 0.15) is 17.7 Å². The summed E-state index contributed by atoms with van der Waals surface area (Å²) in [6.07, 6.45) is 4.11. The molecule has 9 heteroatoms. The van der Waals surface area contributed by atoms with Crippen molar-refractivity contribution < 1.29 is 5.11 Å². The number of pyridine rings is 1. The molecule has 3 aromatic rings. The number of likely N-dealkylation sites (N-methyl/N-ethyl adjacent to an activating group) is 1. The molecule has 5 rings (SSSR count). The van der Waals surface area contributed by atoms with E-state index < -0.39 is 6.23 Å². The van der Waals surface area contributed by atoms with Gasteiger partial charge in [-0.05, 0) is 37.6 Å². The van der Waals surface area contributed by atoms with E-state index >= 15 is 0 Å². The van der Waals surface area contributed by atoms with E-state index in [0.29, 0.717) is 17.7 Å². The van der Waals surface area contributed by atoms with E-state index in [1.807, 2.05) is 36.5 Å². The van der Waals surface area contributed by atoms with Gasteiger partial charge < -0.3 is 25.2 Å². The highest BCUT2D eigenvalue weighted by atomic mass is 16.3. The van der Waals surface area contributed by atoms with Crippen molar-refractivity contribution in [3.8, 4) is 0 Å². The maximum absolute atomic E-state index is 10.7. The number of aliphatic hydroxyl groups is 1. The van der Waals surface area contributed by atoms with Gasteiger partial charge in [-0.1, -0.05) is 13.8 Å². The van der Waals surface area contributed by atoms with Crippen molar-refractivity contribution in [2.75, 3.05) is 50.0 Å². The van der Waals surface area contributed by atoms with Gasteiger partial charge in [-0.3, -0.25) is 4.90 Å². The molecular weight excluding hydrogens is 404 g/mol. The number of nitrogens with zero attached hydrogens (tertiary/aromatic N) is 6. The van der Waals surface area contributed by atoms with Crippen LogP contribution in [-0.4, -0.2) is 69.3 Å². The molecule has 5 heterocycles. The zero-order valence-electron chi connectivity index (χ0n) is 19.0. The highest BCUT2D eigenvalue weighted by Crippen LogP contribution is 2.36. The summed E-state index contributed by atoms with van der Waals surface area (Å²) in [5.74, 6) is 1.77. The molecule has 0 saturated carbocycles. The highest BCUT2D eigenvalue weighted by Gasteiger charge is 2.32. The van der Waals surface area contributed by atoms with Crippen LogP contribution in [0, 0.1) is 5.92 Å². The number of fused-ring (bicyclic) bond motifs is 3. The van der Waals surface area contributed by atoms with Crippen molar-refractivity contribution in [2.24, 2.45) is 5.92 Å². The third-order valence-corrected chi connectivity index (χ3v) is 6.36. The van der Waals surface area contributed by atoms with Crippen LogP contribution >= 0.6 is 0 Å². The largest absolute Gasteiger partial charge is 0.373 e. The first-order valence-electron chi connectivity index (χ1n) is 11.4. The van der Waals surface area contributed by atoms with Gasteiger partial charge >= 0.3 is 0 Å². The molecule has 1 fully saturated rings. The Bertz CT molecular complexity index is 1070. The molecule has 32 heavy (non-hydrogen) atoms. The number of rotatable bonds is 5. The Balaban J connectivity index is 1.42. The minimum Gasteiger partial charge on any atom is -0.373 e. The van der Waals surface area contributed by atoms with Gasteiger partial charge in [0, 0.05) is 50.3 Å². The normalized spacial score (nSPS) is 21.8. The number of aliphatic hydroxyl groups excluding tert-OH is 1. The molecule has 2 aliphatic heterocycles. The third-order valence-electron chi connectivity index (χ3n) is 6.36. The Morgan fingerprint density at radius 2 is 2.00 bits per heavy atom. The van der Waals surface area contributed by atoms with E-state index in [4.69, 9.17) is 4.98 Å². The number of nitrogens with one attached hydrogen (secondary N) is 2. The molecule has 3 N–H and O–H groups in total. The molecule has 0 radical (unpaired) electrons. The second-order valence-corrected chi connectivity index (χ2v) is 9.27. The Kier molecular flexibility index (Phi) is 5.71. The lowest BCUT2D eigenvalue weighted by atomic mass is 10.0. The first-order chi connectivity index (χ1) is 15.5. The van der Waals surface area contributed by atoms with Crippen molar-refractivity contribution in [2.45, 2.75) is 32.5 Å². The van der Waals surface area contributed by atoms with Gasteiger partial charge in [-0.25, -0.2) is 9.97 Å². The second kappa shape index (κ2) is 8.65. The van der Waals surface area contributed by atoms with E-state index in [1.54, 1.807) is 0 Å². The highest BCUT2D eigenvalue weighted by molar-refractivity contribution is 5.78. The fourth-order valence-electron chi connectivity index (χ4n) is 4.82. The van der Waals surface area contributed by atoms with Crippen molar-refractivity contribution in [3.63, 3.8) is 0 Å². The topological polar surface area (TPSA) is 94.4 Å². The van der Waals surface area contributed by atoms with Gasteiger partial charge in [0.2, 0.25) is 5.95 Å². The summed E-state index contributed by atoms with van der Waals surface area (Å²) >= 11 is 0. The zero-order chi connectivity index (χ0) is 22.2. The Hall–Kier alpha value is -2.75. The van der Waals surface area contributed by atoms with Crippen LogP contribution < -0.4 is 15.5 Å². The minimum absolute atomic E-state index is 0.259. The van der Waals surface area contributed by atoms with E-state index in [-0.39, 0.29) is 6.04 Å². The van der Waals surface area contributed by atoms with E-state index in [0.717, 1.165) is 61.6 Å². The molecule has 1 saturated heterocycles. The summed E-state index contributed by atoms with van der Waals surface area (Å²) in [7, 11) is 1.97. The Morgan fingerprint density at radius 3 is 2.72 bits per heavy atom. The molecule has 0 aliphatic carbocycles. The van der Waals surface area contributed by atoms with Crippen molar-refractivity contribution in [3.05, 3.63) is 36.3 Å². The zero-order valence-corrected chi connectivity index (χ0v) is 19.0. The van der Waals surface area contributed by atoms with Crippen molar-refractivity contribution in [1.29, 1.82) is 0 Å². The van der Waals surface area contributed by atoms with Crippen LogP contribution in [0.3, 0.4) is 0 Å². The Labute approximate surface area is 188 Å². The molecule has 9 nitrogen and oxygen atoms in total. The lowest BCUT2D eigenvalue weighted by Crippen LogP contribution is -2.43. The van der Waals surface area contributed by atoms with Crippen molar-refractivity contribution >= 4 is 28.5 Å². The van der Waals surface area contributed by atoms with Crippen LogP contribution in [-0.2, 0) is 0 Å². The number of hydrogen-bond donors (Lipinski definition) is 3. The van der Waals surface area contributed by atoms with Crippen molar-refractivity contribution in [1.82, 2.24) is 29.7 Å². The Morgan fingerprint density at radius 1 is 1.19 bits per heavy atom. The first kappa shape index (κ1) is 21.1. The van der Waals surface area contributed by atoms with E-state index in [2.05, 4.69) is 50.0 Å². The van der Waals surface area contributed by atoms with E-state index in [9.17, 15) is 5.11 Å². The van der Waals surface area contributed by atoms with Gasteiger partial charge in [0.15, 0.2) is 0 Å². The fraction of sp³-hybridized carbons (Fsp3) is 0.522. The number of hydrogen-bond acceptors (Lipinski definition) is 8. The monoisotopic (exact) mass is 436 g/mol.